The number of benzene rings is 2. The highest BCUT2D eigenvalue weighted by atomic mass is 16.5. The molecule has 31 heavy (non-hydrogen) atoms. The largest absolute Gasteiger partial charge is 0.489 e. The van der Waals surface area contributed by atoms with Gasteiger partial charge < -0.3 is 9.47 Å². The molecule has 0 unspecified atom stereocenters. The quantitative estimate of drug-likeness (QED) is 0.408. The summed E-state index contributed by atoms with van der Waals surface area (Å²) in [4.78, 5) is 4.41. The highest BCUT2D eigenvalue weighted by Crippen LogP contribution is 2.26. The summed E-state index contributed by atoms with van der Waals surface area (Å²) in [6, 6.07) is 23.1. The molecule has 0 spiro atoms. The first-order valence-electron chi connectivity index (χ1n) is 9.79. The average molecular weight is 409 g/mol. The van der Waals surface area contributed by atoms with Gasteiger partial charge in [0.05, 0.1) is 5.69 Å². The fraction of sp³-hybridized carbons (Fsp3) is 0.0417. The van der Waals surface area contributed by atoms with Crippen LogP contribution in [0, 0.1) is 0 Å². The highest BCUT2D eigenvalue weighted by molar-refractivity contribution is 5.59. The van der Waals surface area contributed by atoms with Crippen LogP contribution in [0.15, 0.2) is 97.6 Å². The second-order valence-corrected chi connectivity index (χ2v) is 6.83. The third-order valence-corrected chi connectivity index (χ3v) is 4.68. The lowest BCUT2D eigenvalue weighted by molar-refractivity contribution is 0.305. The second kappa shape index (κ2) is 8.54. The van der Waals surface area contributed by atoms with Crippen LogP contribution in [0.4, 0.5) is 0 Å². The molecule has 0 aliphatic rings. The van der Waals surface area contributed by atoms with E-state index < -0.39 is 0 Å². The number of nitrogens with zero attached hydrogens (tertiary/aromatic N) is 4. The van der Waals surface area contributed by atoms with Crippen LogP contribution in [0.1, 0.15) is 5.56 Å². The molecule has 3 aromatic heterocycles. The van der Waals surface area contributed by atoms with Crippen LogP contribution in [-0.2, 0) is 6.61 Å². The summed E-state index contributed by atoms with van der Waals surface area (Å²) in [5, 5.41) is 11.1. The van der Waals surface area contributed by atoms with Gasteiger partial charge in [-0.25, -0.2) is 9.67 Å². The zero-order valence-electron chi connectivity index (χ0n) is 16.6. The van der Waals surface area contributed by atoms with Crippen LogP contribution in [-0.4, -0.2) is 25.0 Å². The summed E-state index contributed by atoms with van der Waals surface area (Å²) >= 11 is 0. The number of rotatable bonds is 7. The number of nitrogens with one attached hydrogen (secondary N) is 1. The Morgan fingerprint density at radius 1 is 0.806 bits per heavy atom. The second-order valence-electron chi connectivity index (χ2n) is 6.83. The first kappa shape index (κ1) is 18.6. The van der Waals surface area contributed by atoms with Gasteiger partial charge in [0.15, 0.2) is 5.82 Å². The predicted octanol–water partition coefficient (Wildman–Crippen LogP) is 5.03. The zero-order valence-corrected chi connectivity index (χ0v) is 16.6. The molecule has 0 aliphatic carbocycles. The maximum absolute atomic E-state index is 5.92. The third kappa shape index (κ3) is 4.45. The summed E-state index contributed by atoms with van der Waals surface area (Å²) < 4.78 is 13.5. The fourth-order valence-corrected chi connectivity index (χ4v) is 3.07. The molecule has 2 aromatic carbocycles. The summed E-state index contributed by atoms with van der Waals surface area (Å²) in [7, 11) is 0. The Balaban J connectivity index is 1.16. The van der Waals surface area contributed by atoms with E-state index >= 15 is 0 Å². The van der Waals surface area contributed by atoms with E-state index in [0.29, 0.717) is 6.61 Å². The van der Waals surface area contributed by atoms with E-state index in [-0.39, 0.29) is 0 Å². The van der Waals surface area contributed by atoms with Crippen LogP contribution in [0.3, 0.4) is 0 Å². The van der Waals surface area contributed by atoms with E-state index in [1.165, 1.54) is 0 Å². The van der Waals surface area contributed by atoms with Crippen molar-refractivity contribution in [3.63, 3.8) is 0 Å². The van der Waals surface area contributed by atoms with E-state index in [0.717, 1.165) is 39.9 Å². The minimum Gasteiger partial charge on any atom is -0.489 e. The minimum atomic E-state index is 0.432. The fourth-order valence-electron chi connectivity index (χ4n) is 3.07. The van der Waals surface area contributed by atoms with Crippen LogP contribution >= 0.6 is 0 Å². The molecule has 5 aromatic rings. The van der Waals surface area contributed by atoms with Gasteiger partial charge in [0, 0.05) is 30.4 Å². The Kier molecular flexibility index (Phi) is 5.13. The number of aromatic nitrogens is 5. The van der Waals surface area contributed by atoms with Gasteiger partial charge in [-0.2, -0.15) is 10.2 Å². The Morgan fingerprint density at radius 2 is 1.58 bits per heavy atom. The molecule has 0 saturated heterocycles. The lowest BCUT2D eigenvalue weighted by Crippen LogP contribution is -2.00. The summed E-state index contributed by atoms with van der Waals surface area (Å²) in [6.07, 6.45) is 7.11. The van der Waals surface area contributed by atoms with Crippen molar-refractivity contribution in [2.75, 3.05) is 0 Å². The number of H-pyrrole nitrogens is 1. The van der Waals surface area contributed by atoms with Crippen LogP contribution < -0.4 is 9.47 Å². The molecule has 0 saturated carbocycles. The molecule has 3 heterocycles. The molecule has 7 nitrogen and oxygen atoms in total. The Bertz CT molecular complexity index is 1220. The molecule has 0 fully saturated rings. The van der Waals surface area contributed by atoms with Gasteiger partial charge in [0.1, 0.15) is 23.9 Å². The van der Waals surface area contributed by atoms with Crippen molar-refractivity contribution in [2.45, 2.75) is 6.61 Å². The first-order valence-corrected chi connectivity index (χ1v) is 9.79. The number of hydrogen-bond donors (Lipinski definition) is 1. The van der Waals surface area contributed by atoms with Crippen molar-refractivity contribution >= 4 is 0 Å². The van der Waals surface area contributed by atoms with E-state index in [1.807, 2.05) is 79.0 Å². The highest BCUT2D eigenvalue weighted by Gasteiger charge is 2.03. The predicted molar refractivity (Wildman–Crippen MR) is 116 cm³/mol. The van der Waals surface area contributed by atoms with Crippen molar-refractivity contribution in [3.8, 4) is 34.3 Å². The summed E-state index contributed by atoms with van der Waals surface area (Å²) in [5.41, 5.74) is 3.01. The number of hydrogen-bond acceptors (Lipinski definition) is 5. The van der Waals surface area contributed by atoms with Crippen LogP contribution in [0.25, 0.3) is 17.1 Å². The average Bonchev–Trinajstić information content (AvgIpc) is 3.54. The smallest absolute Gasteiger partial charge is 0.153 e. The van der Waals surface area contributed by atoms with Crippen LogP contribution in [0.2, 0.25) is 0 Å². The number of pyridine rings is 1. The summed E-state index contributed by atoms with van der Waals surface area (Å²) in [5.74, 6) is 3.04. The molecule has 152 valence electrons. The van der Waals surface area contributed by atoms with Gasteiger partial charge in [0.25, 0.3) is 0 Å². The van der Waals surface area contributed by atoms with Crippen molar-refractivity contribution in [1.29, 1.82) is 0 Å². The van der Waals surface area contributed by atoms with Crippen molar-refractivity contribution < 1.29 is 9.47 Å². The third-order valence-electron chi connectivity index (χ3n) is 4.68. The van der Waals surface area contributed by atoms with Crippen molar-refractivity contribution in [2.24, 2.45) is 0 Å². The van der Waals surface area contributed by atoms with E-state index in [2.05, 4.69) is 20.3 Å². The SMILES string of the molecule is c1cnn(-c2ccc(COc3ccc(Oc4ccc(-c5ccn[nH]5)cc4)cc3)cn2)c1. The lowest BCUT2D eigenvalue weighted by Gasteiger charge is -2.09. The molecular formula is C24H19N5O2. The van der Waals surface area contributed by atoms with Crippen molar-refractivity contribution in [1.82, 2.24) is 25.0 Å². The Morgan fingerprint density at radius 3 is 2.23 bits per heavy atom. The zero-order chi connectivity index (χ0) is 20.9. The molecule has 0 radical (unpaired) electrons. The molecule has 5 rings (SSSR count). The lowest BCUT2D eigenvalue weighted by atomic mass is 10.1. The first-order chi connectivity index (χ1) is 15.3. The minimum absolute atomic E-state index is 0.432. The molecule has 0 amide bonds. The van der Waals surface area contributed by atoms with Gasteiger partial charge >= 0.3 is 0 Å². The molecule has 0 aliphatic heterocycles. The molecule has 0 atom stereocenters. The molecular weight excluding hydrogens is 390 g/mol. The van der Waals surface area contributed by atoms with Crippen LogP contribution in [0.5, 0.6) is 17.2 Å². The normalized spacial score (nSPS) is 10.7. The molecule has 0 bridgehead atoms. The number of aromatic amines is 1. The van der Waals surface area contributed by atoms with E-state index in [1.54, 1.807) is 23.3 Å². The van der Waals surface area contributed by atoms with Gasteiger partial charge in [-0.05, 0) is 72.3 Å². The van der Waals surface area contributed by atoms with Gasteiger partial charge in [-0.3, -0.25) is 5.10 Å². The Hall–Kier alpha value is -4.39. The summed E-state index contributed by atoms with van der Waals surface area (Å²) in [6.45, 7) is 0.432. The maximum atomic E-state index is 5.92. The maximum Gasteiger partial charge on any atom is 0.153 e. The molecule has 1 N–H and O–H groups in total. The van der Waals surface area contributed by atoms with E-state index in [4.69, 9.17) is 9.47 Å². The van der Waals surface area contributed by atoms with Gasteiger partial charge in [-0.1, -0.05) is 6.07 Å². The van der Waals surface area contributed by atoms with Crippen molar-refractivity contribution in [3.05, 3.63) is 103 Å². The van der Waals surface area contributed by atoms with E-state index in [9.17, 15) is 0 Å². The molecule has 7 heteroatoms. The van der Waals surface area contributed by atoms with Gasteiger partial charge in [-0.15, -0.1) is 0 Å². The standard InChI is InChI=1S/C24H19N5O2/c1-13-27-29(15-1)24-11-2-18(16-25-24)17-30-20-7-9-22(10-8-20)31-21-5-3-19(4-6-21)23-12-14-26-28-23/h1-16H,17H2,(H,26,28). The number of ether oxygens (including phenoxy) is 2. The van der Waals surface area contributed by atoms with Gasteiger partial charge in [0.2, 0.25) is 0 Å². The monoisotopic (exact) mass is 409 g/mol. The topological polar surface area (TPSA) is 77.9 Å². The Labute approximate surface area is 178 Å².